The number of hydrogen-bond donors (Lipinski definition) is 1. The van der Waals surface area contributed by atoms with E-state index in [-0.39, 0.29) is 12.5 Å². The van der Waals surface area contributed by atoms with Crippen LogP contribution in [0.5, 0.6) is 0 Å². The smallest absolute Gasteiger partial charge is 0.240 e. The Balaban J connectivity index is 1.67. The number of pyridine rings is 1. The first-order valence-corrected chi connectivity index (χ1v) is 7.00. The fourth-order valence-corrected chi connectivity index (χ4v) is 2.38. The first kappa shape index (κ1) is 13.6. The summed E-state index contributed by atoms with van der Waals surface area (Å²) < 4.78 is 1.89. The number of aromatic nitrogens is 2. The van der Waals surface area contributed by atoms with Crippen molar-refractivity contribution in [1.29, 1.82) is 0 Å². The molecule has 3 aromatic rings. The second kappa shape index (κ2) is 5.97. The molecule has 0 atom stereocenters. The molecule has 1 aromatic carbocycles. The van der Waals surface area contributed by atoms with Crippen molar-refractivity contribution in [3.8, 4) is 0 Å². The summed E-state index contributed by atoms with van der Waals surface area (Å²) in [6, 6.07) is 11.4. The van der Waals surface area contributed by atoms with Crippen LogP contribution in [0.2, 0.25) is 5.02 Å². The summed E-state index contributed by atoms with van der Waals surface area (Å²) in [6.45, 7) is 0.747. The number of nitrogens with zero attached hydrogens (tertiary/aromatic N) is 2. The third-order valence-electron chi connectivity index (χ3n) is 3.26. The van der Waals surface area contributed by atoms with Crippen LogP contribution < -0.4 is 5.32 Å². The molecule has 1 N–H and O–H groups in total. The van der Waals surface area contributed by atoms with Gasteiger partial charge in [-0.1, -0.05) is 23.7 Å². The maximum Gasteiger partial charge on any atom is 0.240 e. The third kappa shape index (κ3) is 3.23. The predicted molar refractivity (Wildman–Crippen MR) is 83.0 cm³/mol. The lowest BCUT2D eigenvalue weighted by molar-refractivity contribution is -0.121. The van der Waals surface area contributed by atoms with Gasteiger partial charge in [-0.05, 0) is 35.2 Å². The monoisotopic (exact) mass is 299 g/mol. The normalized spacial score (nSPS) is 10.7. The molecule has 0 fully saturated rings. The van der Waals surface area contributed by atoms with Gasteiger partial charge in [0.25, 0.3) is 0 Å². The van der Waals surface area contributed by atoms with Crippen molar-refractivity contribution in [1.82, 2.24) is 14.9 Å². The lowest BCUT2D eigenvalue weighted by atomic mass is 10.2. The second-order valence-corrected chi connectivity index (χ2v) is 5.22. The van der Waals surface area contributed by atoms with E-state index < -0.39 is 0 Å². The largest absolute Gasteiger partial charge is 0.350 e. The average Bonchev–Trinajstić information content (AvgIpc) is 2.88. The number of nitrogens with one attached hydrogen (secondary N) is 1. The Bertz CT molecular complexity index is 768. The van der Waals surface area contributed by atoms with Gasteiger partial charge in [0.05, 0.1) is 0 Å². The average molecular weight is 300 g/mol. The Morgan fingerprint density at radius 1 is 1.29 bits per heavy atom. The maximum absolute atomic E-state index is 12.0. The number of carbonyl (C=O) groups excluding carboxylic acids is 1. The zero-order chi connectivity index (χ0) is 14.7. The van der Waals surface area contributed by atoms with Gasteiger partial charge in [-0.3, -0.25) is 9.78 Å². The van der Waals surface area contributed by atoms with Crippen LogP contribution in [-0.2, 0) is 17.9 Å². The van der Waals surface area contributed by atoms with E-state index >= 15 is 0 Å². The van der Waals surface area contributed by atoms with Crippen LogP contribution in [0.4, 0.5) is 0 Å². The van der Waals surface area contributed by atoms with Gasteiger partial charge in [0.2, 0.25) is 5.91 Å². The first-order chi connectivity index (χ1) is 10.2. The molecule has 4 nitrogen and oxygen atoms in total. The summed E-state index contributed by atoms with van der Waals surface area (Å²) in [7, 11) is 0. The molecule has 106 valence electrons. The topological polar surface area (TPSA) is 46.9 Å². The van der Waals surface area contributed by atoms with Gasteiger partial charge < -0.3 is 9.88 Å². The molecule has 0 radical (unpaired) electrons. The zero-order valence-electron chi connectivity index (χ0n) is 11.3. The lowest BCUT2D eigenvalue weighted by Crippen LogP contribution is -2.26. The van der Waals surface area contributed by atoms with E-state index in [0.717, 1.165) is 16.5 Å². The molecular formula is C16H14ClN3O. The Morgan fingerprint density at radius 2 is 2.19 bits per heavy atom. The summed E-state index contributed by atoms with van der Waals surface area (Å²) in [4.78, 5) is 16.0. The van der Waals surface area contributed by atoms with Gasteiger partial charge in [-0.2, -0.15) is 0 Å². The second-order valence-electron chi connectivity index (χ2n) is 4.78. The number of hydrogen-bond acceptors (Lipinski definition) is 2. The quantitative estimate of drug-likeness (QED) is 0.805. The van der Waals surface area contributed by atoms with E-state index in [9.17, 15) is 4.79 Å². The Hall–Kier alpha value is -2.33. The highest BCUT2D eigenvalue weighted by Gasteiger charge is 2.06. The summed E-state index contributed by atoms with van der Waals surface area (Å²) >= 11 is 6.00. The molecule has 0 bridgehead atoms. The molecule has 0 saturated heterocycles. The van der Waals surface area contributed by atoms with E-state index in [1.165, 1.54) is 0 Å². The highest BCUT2D eigenvalue weighted by atomic mass is 35.5. The molecule has 0 spiro atoms. The van der Waals surface area contributed by atoms with E-state index in [2.05, 4.69) is 10.3 Å². The molecular weight excluding hydrogens is 286 g/mol. The summed E-state index contributed by atoms with van der Waals surface area (Å²) in [5.41, 5.74) is 1.94. The van der Waals surface area contributed by atoms with Gasteiger partial charge in [-0.15, -0.1) is 0 Å². The van der Waals surface area contributed by atoms with E-state index in [0.29, 0.717) is 11.6 Å². The van der Waals surface area contributed by atoms with Crippen LogP contribution in [-0.4, -0.2) is 15.5 Å². The first-order valence-electron chi connectivity index (χ1n) is 6.62. The van der Waals surface area contributed by atoms with E-state index in [1.807, 2.05) is 47.2 Å². The van der Waals surface area contributed by atoms with E-state index in [4.69, 9.17) is 11.6 Å². The highest BCUT2D eigenvalue weighted by Crippen LogP contribution is 2.20. The van der Waals surface area contributed by atoms with Crippen LogP contribution in [0.1, 0.15) is 5.56 Å². The third-order valence-corrected chi connectivity index (χ3v) is 3.50. The molecule has 0 aliphatic heterocycles. The zero-order valence-corrected chi connectivity index (χ0v) is 12.0. The van der Waals surface area contributed by atoms with Crippen molar-refractivity contribution in [2.75, 3.05) is 0 Å². The van der Waals surface area contributed by atoms with Gasteiger partial charge in [0.1, 0.15) is 6.54 Å². The van der Waals surface area contributed by atoms with Crippen molar-refractivity contribution in [3.05, 3.63) is 65.6 Å². The number of fused-ring (bicyclic) bond motifs is 1. The van der Waals surface area contributed by atoms with Crippen LogP contribution in [0, 0.1) is 0 Å². The van der Waals surface area contributed by atoms with Crippen molar-refractivity contribution < 1.29 is 4.79 Å². The lowest BCUT2D eigenvalue weighted by Gasteiger charge is -2.07. The summed E-state index contributed by atoms with van der Waals surface area (Å²) in [5, 5.41) is 4.62. The molecule has 21 heavy (non-hydrogen) atoms. The van der Waals surface area contributed by atoms with Crippen LogP contribution in [0.25, 0.3) is 10.9 Å². The number of halogens is 1. The van der Waals surface area contributed by atoms with Crippen LogP contribution in [0.15, 0.2) is 55.0 Å². The van der Waals surface area contributed by atoms with Crippen LogP contribution in [0.3, 0.4) is 0 Å². The molecule has 0 saturated carbocycles. The minimum Gasteiger partial charge on any atom is -0.350 e. The van der Waals surface area contributed by atoms with Crippen LogP contribution >= 0.6 is 11.6 Å². The SMILES string of the molecule is O=C(Cn1ccc2ccc(Cl)cc21)NCc1cccnc1. The van der Waals surface area contributed by atoms with Gasteiger partial charge in [0.15, 0.2) is 0 Å². The van der Waals surface area contributed by atoms with Gasteiger partial charge in [0, 0.05) is 35.7 Å². The minimum atomic E-state index is -0.0451. The Labute approximate surface area is 127 Å². The van der Waals surface area contributed by atoms with Crippen molar-refractivity contribution >= 4 is 28.4 Å². The minimum absolute atomic E-state index is 0.0451. The highest BCUT2D eigenvalue weighted by molar-refractivity contribution is 6.31. The van der Waals surface area contributed by atoms with E-state index in [1.54, 1.807) is 12.4 Å². The molecule has 5 heteroatoms. The number of benzene rings is 1. The number of amides is 1. The molecule has 3 rings (SSSR count). The maximum atomic E-state index is 12.0. The fraction of sp³-hybridized carbons (Fsp3) is 0.125. The Morgan fingerprint density at radius 3 is 3.00 bits per heavy atom. The molecule has 2 heterocycles. The molecule has 0 aliphatic carbocycles. The van der Waals surface area contributed by atoms with Crippen molar-refractivity contribution in [2.24, 2.45) is 0 Å². The molecule has 2 aromatic heterocycles. The fourth-order valence-electron chi connectivity index (χ4n) is 2.21. The molecule has 0 aliphatic rings. The standard InChI is InChI=1S/C16H14ClN3O/c17-14-4-3-13-5-7-20(15(13)8-14)11-16(21)19-10-12-2-1-6-18-9-12/h1-9H,10-11H2,(H,19,21). The molecule has 1 amide bonds. The van der Waals surface area contributed by atoms with Gasteiger partial charge in [-0.25, -0.2) is 0 Å². The van der Waals surface area contributed by atoms with Crippen molar-refractivity contribution in [3.63, 3.8) is 0 Å². The van der Waals surface area contributed by atoms with Gasteiger partial charge >= 0.3 is 0 Å². The summed E-state index contributed by atoms with van der Waals surface area (Å²) in [5.74, 6) is -0.0451. The summed E-state index contributed by atoms with van der Waals surface area (Å²) in [6.07, 6.45) is 5.34. The predicted octanol–water partition coefficient (Wildman–Crippen LogP) is 3.01. The Kier molecular flexibility index (Phi) is 3.88. The molecule has 0 unspecified atom stereocenters. The number of carbonyl (C=O) groups is 1. The van der Waals surface area contributed by atoms with Crippen molar-refractivity contribution in [2.45, 2.75) is 13.1 Å². The number of rotatable bonds is 4.